The van der Waals surface area contributed by atoms with Crippen LogP contribution in [0, 0.1) is 17.6 Å². The van der Waals surface area contributed by atoms with Gasteiger partial charge in [-0.3, -0.25) is 5.43 Å². The van der Waals surface area contributed by atoms with E-state index in [0.717, 1.165) is 12.5 Å². The van der Waals surface area contributed by atoms with Crippen LogP contribution >= 0.6 is 11.8 Å². The number of nitrogens with two attached hydrogens (primary N) is 1. The summed E-state index contributed by atoms with van der Waals surface area (Å²) in [4.78, 5) is 0. The van der Waals surface area contributed by atoms with E-state index in [0.29, 0.717) is 16.7 Å². The molecule has 2 aromatic rings. The minimum absolute atomic E-state index is 0.229. The van der Waals surface area contributed by atoms with Crippen LogP contribution in [0.1, 0.15) is 37.7 Å². The van der Waals surface area contributed by atoms with Gasteiger partial charge in [-0.2, -0.15) is 0 Å². The van der Waals surface area contributed by atoms with Gasteiger partial charge in [0.25, 0.3) is 0 Å². The summed E-state index contributed by atoms with van der Waals surface area (Å²) in [6, 6.07) is 3.19. The van der Waals surface area contributed by atoms with Crippen LogP contribution in [0.15, 0.2) is 28.8 Å². The predicted molar refractivity (Wildman–Crippen MR) is 86.0 cm³/mol. The Morgan fingerprint density at radius 1 is 1.35 bits per heavy atom. The third kappa shape index (κ3) is 2.96. The van der Waals surface area contributed by atoms with E-state index in [4.69, 9.17) is 5.73 Å². The minimum Gasteiger partial charge on any atom is -0.321 e. The molecular weight excluding hydrogens is 320 g/mol. The SMILES string of the molecule is CC[C@H](C)[C@H](N)c1nnc2n1NC(c1ccc(F)cc1F)=CS2. The standard InChI is InChI=1S/C15H17F2N5S/c1-3-8(2)13(18)14-19-20-15-22(14)21-12(7-23-15)10-5-4-9(16)6-11(10)17/h4-8,13,21H,3,18H2,1-2H3/t8-,13-/m0/s1. The largest absolute Gasteiger partial charge is 0.321 e. The molecular formula is C15H17F2N5S. The number of nitrogens with zero attached hydrogens (tertiary/aromatic N) is 3. The Bertz CT molecular complexity index is 758. The van der Waals surface area contributed by atoms with E-state index in [-0.39, 0.29) is 17.5 Å². The molecule has 1 aromatic carbocycles. The predicted octanol–water partition coefficient (Wildman–Crippen LogP) is 3.25. The van der Waals surface area contributed by atoms with Gasteiger partial charge in [0.2, 0.25) is 5.16 Å². The molecule has 0 spiro atoms. The van der Waals surface area contributed by atoms with Gasteiger partial charge in [-0.1, -0.05) is 32.0 Å². The van der Waals surface area contributed by atoms with E-state index < -0.39 is 11.6 Å². The van der Waals surface area contributed by atoms with Crippen molar-refractivity contribution < 1.29 is 8.78 Å². The molecule has 0 saturated carbocycles. The molecule has 0 saturated heterocycles. The Morgan fingerprint density at radius 3 is 2.83 bits per heavy atom. The number of thioether (sulfide) groups is 1. The number of hydrogen-bond donors (Lipinski definition) is 2. The van der Waals surface area contributed by atoms with Crippen molar-refractivity contribution in [3.8, 4) is 0 Å². The molecule has 0 bridgehead atoms. The molecule has 1 aliphatic heterocycles. The van der Waals surface area contributed by atoms with Gasteiger partial charge < -0.3 is 5.73 Å². The average Bonchev–Trinajstić information content (AvgIpc) is 2.96. The zero-order valence-corrected chi connectivity index (χ0v) is 13.6. The van der Waals surface area contributed by atoms with Crippen LogP contribution in [-0.2, 0) is 0 Å². The maximum Gasteiger partial charge on any atom is 0.214 e. The van der Waals surface area contributed by atoms with Crippen LogP contribution in [0.4, 0.5) is 8.78 Å². The van der Waals surface area contributed by atoms with E-state index in [1.54, 1.807) is 10.1 Å². The van der Waals surface area contributed by atoms with Gasteiger partial charge in [0.15, 0.2) is 5.82 Å². The molecule has 2 heterocycles. The fraction of sp³-hybridized carbons (Fsp3) is 0.333. The third-order valence-electron chi connectivity index (χ3n) is 3.95. The van der Waals surface area contributed by atoms with Crippen LogP contribution in [0.5, 0.6) is 0 Å². The lowest BCUT2D eigenvalue weighted by atomic mass is 10.00. The molecule has 1 aliphatic rings. The Balaban J connectivity index is 1.92. The lowest BCUT2D eigenvalue weighted by Crippen LogP contribution is -2.28. The van der Waals surface area contributed by atoms with Crippen molar-refractivity contribution in [2.75, 3.05) is 5.43 Å². The minimum atomic E-state index is -0.631. The van der Waals surface area contributed by atoms with Gasteiger partial charge in [-0.25, -0.2) is 13.5 Å². The molecule has 3 rings (SSSR count). The first kappa shape index (κ1) is 15.9. The van der Waals surface area contributed by atoms with Crippen molar-refractivity contribution in [3.63, 3.8) is 0 Å². The van der Waals surface area contributed by atoms with Gasteiger partial charge in [0.05, 0.1) is 11.7 Å². The molecule has 2 atom stereocenters. The van der Waals surface area contributed by atoms with E-state index in [1.807, 2.05) is 6.92 Å². The first-order valence-corrected chi connectivity index (χ1v) is 8.19. The normalized spacial score (nSPS) is 16.3. The number of hydrogen-bond acceptors (Lipinski definition) is 5. The van der Waals surface area contributed by atoms with Crippen LogP contribution in [0.2, 0.25) is 0 Å². The number of halogens is 2. The van der Waals surface area contributed by atoms with Gasteiger partial charge in [-0.05, 0) is 18.1 Å². The van der Waals surface area contributed by atoms with Gasteiger partial charge in [0.1, 0.15) is 11.6 Å². The highest BCUT2D eigenvalue weighted by atomic mass is 32.2. The zero-order valence-electron chi connectivity index (χ0n) is 12.8. The van der Waals surface area contributed by atoms with E-state index in [1.165, 1.54) is 23.9 Å². The second kappa shape index (κ2) is 6.29. The van der Waals surface area contributed by atoms with E-state index in [2.05, 4.69) is 22.5 Å². The first-order valence-electron chi connectivity index (χ1n) is 7.31. The Kier molecular flexibility index (Phi) is 4.36. The van der Waals surface area contributed by atoms with Gasteiger partial charge >= 0.3 is 0 Å². The summed E-state index contributed by atoms with van der Waals surface area (Å²) < 4.78 is 28.7. The van der Waals surface area contributed by atoms with Gasteiger partial charge in [-0.15, -0.1) is 10.2 Å². The molecule has 122 valence electrons. The van der Waals surface area contributed by atoms with Crippen LogP contribution < -0.4 is 11.2 Å². The van der Waals surface area contributed by atoms with Crippen LogP contribution in [-0.4, -0.2) is 14.9 Å². The smallest absolute Gasteiger partial charge is 0.214 e. The van der Waals surface area contributed by atoms with E-state index >= 15 is 0 Å². The van der Waals surface area contributed by atoms with Crippen molar-refractivity contribution in [2.45, 2.75) is 31.5 Å². The summed E-state index contributed by atoms with van der Waals surface area (Å²) in [5, 5.41) is 10.6. The lowest BCUT2D eigenvalue weighted by molar-refractivity contribution is 0.429. The number of rotatable bonds is 4. The number of nitrogens with one attached hydrogen (secondary N) is 1. The molecule has 0 fully saturated rings. The molecule has 8 heteroatoms. The maximum absolute atomic E-state index is 14.0. The number of benzene rings is 1. The molecule has 0 amide bonds. The topological polar surface area (TPSA) is 68.8 Å². The summed E-state index contributed by atoms with van der Waals surface area (Å²) in [6.45, 7) is 4.10. The fourth-order valence-electron chi connectivity index (χ4n) is 2.28. The van der Waals surface area contributed by atoms with Crippen LogP contribution in [0.25, 0.3) is 5.70 Å². The zero-order chi connectivity index (χ0) is 16.6. The maximum atomic E-state index is 14.0. The second-order valence-electron chi connectivity index (χ2n) is 5.47. The molecule has 0 aliphatic carbocycles. The Hall–Kier alpha value is -1.93. The monoisotopic (exact) mass is 337 g/mol. The number of fused-ring (bicyclic) bond motifs is 1. The Morgan fingerprint density at radius 2 is 2.13 bits per heavy atom. The number of aromatic nitrogens is 3. The van der Waals surface area contributed by atoms with Crippen molar-refractivity contribution in [3.05, 3.63) is 46.6 Å². The molecule has 5 nitrogen and oxygen atoms in total. The highest BCUT2D eigenvalue weighted by Crippen LogP contribution is 2.32. The Labute approximate surface area is 136 Å². The van der Waals surface area contributed by atoms with Crippen molar-refractivity contribution in [1.29, 1.82) is 0 Å². The third-order valence-corrected chi connectivity index (χ3v) is 4.78. The molecule has 0 radical (unpaired) electrons. The quantitative estimate of drug-likeness (QED) is 0.896. The molecule has 23 heavy (non-hydrogen) atoms. The molecule has 1 aromatic heterocycles. The highest BCUT2D eigenvalue weighted by molar-refractivity contribution is 8.02. The van der Waals surface area contributed by atoms with Crippen LogP contribution in [0.3, 0.4) is 0 Å². The molecule has 3 N–H and O–H groups in total. The summed E-state index contributed by atoms with van der Waals surface area (Å²) in [7, 11) is 0. The van der Waals surface area contributed by atoms with Crippen molar-refractivity contribution in [1.82, 2.24) is 14.9 Å². The summed E-state index contributed by atoms with van der Waals surface area (Å²) in [6.07, 6.45) is 0.909. The first-order chi connectivity index (χ1) is 11.0. The lowest BCUT2D eigenvalue weighted by Gasteiger charge is -2.23. The highest BCUT2D eigenvalue weighted by Gasteiger charge is 2.25. The average molecular weight is 337 g/mol. The van der Waals surface area contributed by atoms with E-state index in [9.17, 15) is 8.78 Å². The van der Waals surface area contributed by atoms with Crippen molar-refractivity contribution in [2.24, 2.45) is 11.7 Å². The summed E-state index contributed by atoms with van der Waals surface area (Å²) in [5.74, 6) is -0.421. The molecule has 0 unspecified atom stereocenters. The fourth-order valence-corrected chi connectivity index (χ4v) is 3.01. The van der Waals surface area contributed by atoms with Crippen molar-refractivity contribution >= 4 is 17.5 Å². The summed E-state index contributed by atoms with van der Waals surface area (Å²) in [5.41, 5.74) is 10.1. The summed E-state index contributed by atoms with van der Waals surface area (Å²) >= 11 is 1.31. The second-order valence-corrected chi connectivity index (χ2v) is 6.31. The van der Waals surface area contributed by atoms with Gasteiger partial charge in [0, 0.05) is 17.0 Å².